The molecule has 0 aromatic carbocycles. The maximum atomic E-state index is 12.5. The second-order valence-electron chi connectivity index (χ2n) is 6.21. The smallest absolute Gasteiger partial charge is 0.260 e. The zero-order valence-electron chi connectivity index (χ0n) is 14.0. The van der Waals surface area contributed by atoms with Gasteiger partial charge >= 0.3 is 0 Å². The predicted molar refractivity (Wildman–Crippen MR) is 93.3 cm³/mol. The highest BCUT2D eigenvalue weighted by molar-refractivity contribution is 5.95. The molecule has 0 bridgehead atoms. The van der Waals surface area contributed by atoms with Crippen molar-refractivity contribution >= 4 is 17.6 Å². The van der Waals surface area contributed by atoms with Crippen molar-refractivity contribution in [2.75, 3.05) is 18.4 Å². The average Bonchev–Trinajstić information content (AvgIpc) is 2.63. The first kappa shape index (κ1) is 16.9. The lowest BCUT2D eigenvalue weighted by molar-refractivity contribution is -0.121. The quantitative estimate of drug-likeness (QED) is 0.886. The molecule has 2 amide bonds. The number of pyridine rings is 2. The van der Waals surface area contributed by atoms with Gasteiger partial charge in [0.15, 0.2) is 0 Å². The van der Waals surface area contributed by atoms with Crippen molar-refractivity contribution < 1.29 is 9.59 Å². The molecule has 0 aliphatic carbocycles. The summed E-state index contributed by atoms with van der Waals surface area (Å²) in [4.78, 5) is 45.0. The van der Waals surface area contributed by atoms with Gasteiger partial charge in [0.05, 0.1) is 5.92 Å². The lowest BCUT2D eigenvalue weighted by Crippen LogP contribution is -2.45. The molecule has 1 fully saturated rings. The number of likely N-dealkylation sites (tertiary alicyclic amines) is 1. The van der Waals surface area contributed by atoms with Crippen molar-refractivity contribution in [3.63, 3.8) is 0 Å². The lowest BCUT2D eigenvalue weighted by atomic mass is 9.96. The maximum absolute atomic E-state index is 12.5. The first-order chi connectivity index (χ1) is 12.0. The summed E-state index contributed by atoms with van der Waals surface area (Å²) in [5, 5.41) is 2.79. The Hall–Kier alpha value is -2.96. The minimum atomic E-state index is -0.414. The predicted octanol–water partition coefficient (Wildman–Crippen LogP) is 1.57. The van der Waals surface area contributed by atoms with Crippen molar-refractivity contribution in [3.8, 4) is 0 Å². The number of nitrogens with zero attached hydrogens (tertiary/aromatic N) is 2. The van der Waals surface area contributed by atoms with Gasteiger partial charge in [-0.05, 0) is 43.5 Å². The number of hydrogen-bond donors (Lipinski definition) is 2. The molecule has 1 aliphatic heterocycles. The van der Waals surface area contributed by atoms with Crippen LogP contribution in [0.1, 0.15) is 28.8 Å². The summed E-state index contributed by atoms with van der Waals surface area (Å²) in [5.41, 5.74) is 0.701. The monoisotopic (exact) mass is 340 g/mol. The van der Waals surface area contributed by atoms with E-state index in [1.165, 1.54) is 12.3 Å². The molecule has 3 rings (SSSR count). The molecule has 1 saturated heterocycles. The number of piperidine rings is 1. The molecule has 25 heavy (non-hydrogen) atoms. The molecule has 0 unspecified atom stereocenters. The van der Waals surface area contributed by atoms with Gasteiger partial charge < -0.3 is 15.2 Å². The second kappa shape index (κ2) is 7.29. The van der Waals surface area contributed by atoms with Gasteiger partial charge in [0.2, 0.25) is 5.91 Å². The fourth-order valence-electron chi connectivity index (χ4n) is 2.91. The van der Waals surface area contributed by atoms with Gasteiger partial charge in [-0.1, -0.05) is 6.07 Å². The Morgan fingerprint density at radius 3 is 2.88 bits per heavy atom. The SMILES string of the molecule is Cc1ccc(NC(=O)[C@@H]2CCCN(C(=O)c3ccc[nH]c3=O)C2)nc1. The van der Waals surface area contributed by atoms with E-state index in [0.29, 0.717) is 25.3 Å². The molecule has 0 radical (unpaired) electrons. The summed E-state index contributed by atoms with van der Waals surface area (Å²) in [6.07, 6.45) is 4.59. The minimum Gasteiger partial charge on any atom is -0.338 e. The summed E-state index contributed by atoms with van der Waals surface area (Å²) < 4.78 is 0. The first-order valence-electron chi connectivity index (χ1n) is 8.25. The van der Waals surface area contributed by atoms with E-state index in [-0.39, 0.29) is 23.3 Å². The van der Waals surface area contributed by atoms with Crippen LogP contribution < -0.4 is 10.9 Å². The van der Waals surface area contributed by atoms with Crippen molar-refractivity contribution in [2.24, 2.45) is 5.92 Å². The summed E-state index contributed by atoms with van der Waals surface area (Å²) >= 11 is 0. The number of H-pyrrole nitrogens is 1. The Labute approximate surface area is 145 Å². The molecule has 1 atom stereocenters. The highest BCUT2D eigenvalue weighted by Gasteiger charge is 2.29. The number of aromatic nitrogens is 2. The van der Waals surface area contributed by atoms with Gasteiger partial charge in [0, 0.05) is 25.5 Å². The first-order valence-corrected chi connectivity index (χ1v) is 8.25. The van der Waals surface area contributed by atoms with E-state index in [9.17, 15) is 14.4 Å². The van der Waals surface area contributed by atoms with Crippen LogP contribution in [0.25, 0.3) is 0 Å². The molecule has 0 saturated carbocycles. The van der Waals surface area contributed by atoms with Gasteiger partial charge in [0.25, 0.3) is 11.5 Å². The molecule has 2 aromatic heterocycles. The van der Waals surface area contributed by atoms with Crippen molar-refractivity contribution in [3.05, 3.63) is 58.1 Å². The van der Waals surface area contributed by atoms with Crippen LogP contribution in [-0.4, -0.2) is 39.8 Å². The Morgan fingerprint density at radius 2 is 2.16 bits per heavy atom. The Kier molecular flexibility index (Phi) is 4.92. The third-order valence-corrected chi connectivity index (χ3v) is 4.29. The zero-order chi connectivity index (χ0) is 17.8. The number of amides is 2. The molecule has 2 aromatic rings. The van der Waals surface area contributed by atoms with Crippen LogP contribution in [-0.2, 0) is 4.79 Å². The van der Waals surface area contributed by atoms with Crippen LogP contribution in [0.3, 0.4) is 0 Å². The van der Waals surface area contributed by atoms with E-state index >= 15 is 0 Å². The van der Waals surface area contributed by atoms with Gasteiger partial charge in [-0.25, -0.2) is 4.98 Å². The average molecular weight is 340 g/mol. The molecule has 2 N–H and O–H groups in total. The van der Waals surface area contributed by atoms with E-state index in [2.05, 4.69) is 15.3 Å². The highest BCUT2D eigenvalue weighted by Crippen LogP contribution is 2.19. The molecule has 130 valence electrons. The number of anilines is 1. The Bertz CT molecular complexity index is 829. The largest absolute Gasteiger partial charge is 0.338 e. The number of nitrogens with one attached hydrogen (secondary N) is 2. The van der Waals surface area contributed by atoms with Crippen LogP contribution >= 0.6 is 0 Å². The standard InChI is InChI=1S/C18H20N4O3/c1-12-6-7-15(20-10-12)21-16(23)13-4-3-9-22(11-13)18(25)14-5-2-8-19-17(14)24/h2,5-8,10,13H,3-4,9,11H2,1H3,(H,19,24)(H,20,21,23)/t13-/m1/s1. The Morgan fingerprint density at radius 1 is 1.32 bits per heavy atom. The topological polar surface area (TPSA) is 95.2 Å². The van der Waals surface area contributed by atoms with Gasteiger partial charge in [0.1, 0.15) is 11.4 Å². The summed E-state index contributed by atoms with van der Waals surface area (Å²) in [5.74, 6) is -0.314. The zero-order valence-corrected chi connectivity index (χ0v) is 14.0. The third-order valence-electron chi connectivity index (χ3n) is 4.29. The van der Waals surface area contributed by atoms with Gasteiger partial charge in [-0.3, -0.25) is 14.4 Å². The van der Waals surface area contributed by atoms with E-state index in [1.807, 2.05) is 13.0 Å². The summed E-state index contributed by atoms with van der Waals surface area (Å²) in [6, 6.07) is 6.75. The number of hydrogen-bond acceptors (Lipinski definition) is 4. The van der Waals surface area contributed by atoms with Crippen LogP contribution in [0.4, 0.5) is 5.82 Å². The molecule has 7 nitrogen and oxygen atoms in total. The van der Waals surface area contributed by atoms with Crippen molar-refractivity contribution in [2.45, 2.75) is 19.8 Å². The molecular formula is C18H20N4O3. The Balaban J connectivity index is 1.67. The van der Waals surface area contributed by atoms with Gasteiger partial charge in [-0.15, -0.1) is 0 Å². The van der Waals surface area contributed by atoms with E-state index < -0.39 is 5.56 Å². The van der Waals surface area contributed by atoms with E-state index in [1.54, 1.807) is 23.2 Å². The lowest BCUT2D eigenvalue weighted by Gasteiger charge is -2.31. The van der Waals surface area contributed by atoms with E-state index in [4.69, 9.17) is 0 Å². The van der Waals surface area contributed by atoms with Gasteiger partial charge in [-0.2, -0.15) is 0 Å². The van der Waals surface area contributed by atoms with E-state index in [0.717, 1.165) is 12.0 Å². The normalized spacial score (nSPS) is 17.2. The van der Waals surface area contributed by atoms with Crippen LogP contribution in [0, 0.1) is 12.8 Å². The number of aryl methyl sites for hydroxylation is 1. The molecular weight excluding hydrogens is 320 g/mol. The number of rotatable bonds is 3. The van der Waals surface area contributed by atoms with Crippen LogP contribution in [0.15, 0.2) is 41.5 Å². The number of carbonyl (C=O) groups excluding carboxylic acids is 2. The second-order valence-corrected chi connectivity index (χ2v) is 6.21. The molecule has 0 spiro atoms. The van der Waals surface area contributed by atoms with Crippen molar-refractivity contribution in [1.82, 2.24) is 14.9 Å². The van der Waals surface area contributed by atoms with Crippen LogP contribution in [0.5, 0.6) is 0 Å². The third kappa shape index (κ3) is 3.93. The minimum absolute atomic E-state index is 0.101. The molecule has 3 heterocycles. The molecule has 7 heteroatoms. The molecule has 1 aliphatic rings. The maximum Gasteiger partial charge on any atom is 0.260 e. The fourth-order valence-corrected chi connectivity index (χ4v) is 2.91. The number of aromatic amines is 1. The number of carbonyl (C=O) groups is 2. The van der Waals surface area contributed by atoms with Crippen molar-refractivity contribution in [1.29, 1.82) is 0 Å². The van der Waals surface area contributed by atoms with Crippen LogP contribution in [0.2, 0.25) is 0 Å². The summed E-state index contributed by atoms with van der Waals surface area (Å²) in [7, 11) is 0. The summed E-state index contributed by atoms with van der Waals surface area (Å²) in [6.45, 7) is 2.76. The fraction of sp³-hybridized carbons (Fsp3) is 0.333. The highest BCUT2D eigenvalue weighted by atomic mass is 16.2.